The number of benzene rings is 2. The molecular formula is C50H43F3N8O6RuS. The summed E-state index contributed by atoms with van der Waals surface area (Å²) in [6.07, 6.45) is -0.0695. The fourth-order valence-corrected chi connectivity index (χ4v) is 5.80. The van der Waals surface area contributed by atoms with Crippen molar-refractivity contribution in [3.63, 3.8) is 0 Å². The average molecular weight is 1040 g/mol. The molecule has 0 aliphatic carbocycles. The zero-order valence-corrected chi connectivity index (χ0v) is 40.4. The monoisotopic (exact) mass is 1040 g/mol. The summed E-state index contributed by atoms with van der Waals surface area (Å²) in [7, 11) is 0. The largest absolute Gasteiger partial charge is 2.00 e. The van der Waals surface area contributed by atoms with Crippen molar-refractivity contribution in [2.45, 2.75) is 58.5 Å². The Morgan fingerprint density at radius 2 is 1.10 bits per heavy atom. The molecule has 2 aromatic carbocycles. The van der Waals surface area contributed by atoms with Crippen molar-refractivity contribution >= 4 is 59.6 Å². The van der Waals surface area contributed by atoms with Crippen LogP contribution in [0, 0.1) is 17.4 Å². The van der Waals surface area contributed by atoms with Gasteiger partial charge in [0.05, 0.1) is 34.2 Å². The van der Waals surface area contributed by atoms with Gasteiger partial charge in [-0.1, -0.05) is 78.0 Å². The van der Waals surface area contributed by atoms with E-state index in [0.717, 1.165) is 11.4 Å². The molecule has 6 aromatic rings. The minimum atomic E-state index is -4.81. The first-order valence-corrected chi connectivity index (χ1v) is 20.5. The zero-order chi connectivity index (χ0) is 50.1. The first-order chi connectivity index (χ1) is 32.2. The molecule has 4 heterocycles. The maximum atomic E-state index is 12.6. The van der Waals surface area contributed by atoms with Gasteiger partial charge in [0.15, 0.2) is 0 Å². The number of carbonyl (C=O) groups is 3. The third-order valence-electron chi connectivity index (χ3n) is 9.27. The van der Waals surface area contributed by atoms with Gasteiger partial charge in [-0.25, -0.2) is 4.98 Å². The van der Waals surface area contributed by atoms with E-state index in [2.05, 4.69) is 110 Å². The van der Waals surface area contributed by atoms with Crippen molar-refractivity contribution in [1.29, 1.82) is 5.41 Å². The number of alkyl halides is 3. The molecule has 19 heteroatoms. The summed E-state index contributed by atoms with van der Waals surface area (Å²) in [5.74, 6) is 3.83. The molecule has 4 aromatic heterocycles. The Balaban J connectivity index is 0.000000357. The molecule has 69 heavy (non-hydrogen) atoms. The Labute approximate surface area is 415 Å². The number of ether oxygens (including phenoxy) is 3. The number of carbonyl (C=O) groups excluding carboxylic acids is 3. The topological polar surface area (TPSA) is 204 Å². The van der Waals surface area contributed by atoms with E-state index in [4.69, 9.17) is 30.8 Å². The van der Waals surface area contributed by atoms with Crippen molar-refractivity contribution in [2.75, 3.05) is 4.90 Å². The van der Waals surface area contributed by atoms with E-state index < -0.39 is 17.6 Å². The van der Waals surface area contributed by atoms with E-state index in [9.17, 15) is 27.6 Å². The van der Waals surface area contributed by atoms with Gasteiger partial charge in [0, 0.05) is 60.2 Å². The van der Waals surface area contributed by atoms with Crippen LogP contribution < -0.4 is 19.1 Å². The molecule has 0 spiro atoms. The molecule has 0 radical (unpaired) electrons. The van der Waals surface area contributed by atoms with Crippen molar-refractivity contribution in [1.82, 2.24) is 19.9 Å². The van der Waals surface area contributed by atoms with Crippen LogP contribution in [-0.2, 0) is 44.7 Å². The summed E-state index contributed by atoms with van der Waals surface area (Å²) in [5.41, 5.74) is 12.0. The summed E-state index contributed by atoms with van der Waals surface area (Å²) < 4.78 is 52.4. The van der Waals surface area contributed by atoms with Crippen LogP contribution in [0.4, 0.5) is 24.5 Å². The molecule has 2 N–H and O–H groups in total. The minimum absolute atomic E-state index is 0. The number of aromatic nitrogens is 4. The van der Waals surface area contributed by atoms with E-state index in [1.165, 1.54) is 77.3 Å². The summed E-state index contributed by atoms with van der Waals surface area (Å²) in [4.78, 5) is 50.6. The fourth-order valence-electron chi connectivity index (χ4n) is 5.80. The van der Waals surface area contributed by atoms with Gasteiger partial charge in [0.1, 0.15) is 23.0 Å². The Hall–Kier alpha value is -7.77. The van der Waals surface area contributed by atoms with Crippen LogP contribution >= 0.6 is 12.2 Å². The molecule has 0 unspecified atom stereocenters. The number of hydrogen-bond donors (Lipinski definition) is 1. The van der Waals surface area contributed by atoms with E-state index in [1.807, 2.05) is 29.2 Å². The number of nitrogens with one attached hydrogen (secondary N) is 2. The number of isothiocyanates is 1. The van der Waals surface area contributed by atoms with Crippen LogP contribution in [0.25, 0.3) is 39.6 Å². The molecule has 354 valence electrons. The maximum Gasteiger partial charge on any atom is 2.00 e. The summed E-state index contributed by atoms with van der Waals surface area (Å²) in [5, 5.41) is 15.5. The smallest absolute Gasteiger partial charge is 0.753 e. The third-order valence-corrected chi connectivity index (χ3v) is 9.27. The first-order valence-electron chi connectivity index (χ1n) is 20.1. The second-order valence-electron chi connectivity index (χ2n) is 16.1. The van der Waals surface area contributed by atoms with Gasteiger partial charge >= 0.3 is 25.7 Å². The summed E-state index contributed by atoms with van der Waals surface area (Å²) in [6, 6.07) is 31.7. The van der Waals surface area contributed by atoms with E-state index in [0.29, 0.717) is 47.4 Å². The molecule has 0 aliphatic heterocycles. The standard InChI is InChI=1S/C31H32F3N4.C18H11N3O6.CNS.Ru/c1-29(2,3)22-8-12-24(13-9-22)38(25-14-10-23(11-15-25)30(4,5)6)18-17-21-7-16-27(37-20-21)26(35)19-28(36)31(32,33)34;22-9-25-12-1-3-19-15(5-12)17-7-14(27-11-24)8-18(21-17)16-6-13(26-10-23)2-4-20-16;2-1-3;/h7-16,19-20,35-36H,1-6H3;1-11H;;/q-1;;-1;+2/b26-19-,36-28?;;;. The predicted molar refractivity (Wildman–Crippen MR) is 256 cm³/mol. The van der Waals surface area contributed by atoms with Gasteiger partial charge < -0.3 is 25.4 Å². The minimum Gasteiger partial charge on any atom is -0.753 e. The second kappa shape index (κ2) is 25.4. The van der Waals surface area contributed by atoms with Crippen molar-refractivity contribution in [3.8, 4) is 52.0 Å². The Kier molecular flexibility index (Phi) is 20.4. The van der Waals surface area contributed by atoms with Crippen LogP contribution in [-0.4, -0.2) is 56.4 Å². The number of allylic oxidation sites excluding steroid dienone is 1. The number of halogens is 3. The van der Waals surface area contributed by atoms with Crippen molar-refractivity contribution in [3.05, 3.63) is 155 Å². The Morgan fingerprint density at radius 3 is 1.48 bits per heavy atom. The molecule has 6 rings (SSSR count). The quantitative estimate of drug-likeness (QED) is 0.0304. The van der Waals surface area contributed by atoms with Crippen LogP contribution in [0.1, 0.15) is 63.9 Å². The second-order valence-corrected chi connectivity index (χ2v) is 16.3. The summed E-state index contributed by atoms with van der Waals surface area (Å²) >= 11 is 3.70. The molecule has 0 saturated heterocycles. The molecule has 0 fully saturated rings. The molecule has 14 nitrogen and oxygen atoms in total. The molecule has 0 atom stereocenters. The van der Waals surface area contributed by atoms with Gasteiger partial charge in [-0.05, 0) is 82.5 Å². The molecule has 0 bridgehead atoms. The van der Waals surface area contributed by atoms with Gasteiger partial charge in [-0.2, -0.15) is 18.3 Å². The normalized spacial score (nSPS) is 10.9. The molecule has 0 aliphatic rings. The van der Waals surface area contributed by atoms with Gasteiger partial charge in [0.2, 0.25) is 0 Å². The average Bonchev–Trinajstić information content (AvgIpc) is 3.30. The van der Waals surface area contributed by atoms with Crippen molar-refractivity contribution in [2.24, 2.45) is 0 Å². The first kappa shape index (κ1) is 55.6. The molecular weight excluding hydrogens is 999 g/mol. The van der Waals surface area contributed by atoms with Crippen LogP contribution in [0.15, 0.2) is 122 Å². The van der Waals surface area contributed by atoms with E-state index in [-0.39, 0.29) is 59.7 Å². The third kappa shape index (κ3) is 16.8. The zero-order valence-electron chi connectivity index (χ0n) is 37.8. The number of thiocarbonyl (C=S) groups is 1. The van der Waals surface area contributed by atoms with Gasteiger partial charge in [-0.15, -0.1) is 5.70 Å². The van der Waals surface area contributed by atoms with Crippen LogP contribution in [0.2, 0.25) is 0 Å². The number of pyridine rings is 4. The molecule has 0 amide bonds. The van der Waals surface area contributed by atoms with Crippen LogP contribution in [0.3, 0.4) is 0 Å². The number of anilines is 2. The number of rotatable bonds is 12. The Morgan fingerprint density at radius 1 is 0.681 bits per heavy atom. The summed E-state index contributed by atoms with van der Waals surface area (Å²) in [6.45, 7) is 13.8. The maximum absolute atomic E-state index is 12.6. The van der Waals surface area contributed by atoms with Crippen molar-refractivity contribution < 1.29 is 61.2 Å². The van der Waals surface area contributed by atoms with E-state index in [1.54, 1.807) is 6.07 Å². The Bertz CT molecular complexity index is 2720. The SMILES string of the molecule is CC(C)(C)c1ccc(N(C#Cc2ccc(/C([NH-])=C/C(=N)C(F)(F)F)nc2)c2ccc(C(C)(C)C)cc2)cc1.O=COc1ccnc(-c2cc(OC=O)cc(-c3cc(OC=O)ccn3)n2)c1.[N-]=C=S.[Ru+2]. The molecule has 0 saturated carbocycles. The van der Waals surface area contributed by atoms with Crippen LogP contribution in [0.5, 0.6) is 17.2 Å². The number of hydrogen-bond acceptors (Lipinski definition) is 13. The van der Waals surface area contributed by atoms with E-state index >= 15 is 0 Å². The number of nitrogens with zero attached hydrogens (tertiary/aromatic N) is 6. The predicted octanol–water partition coefficient (Wildman–Crippen LogP) is 11.3. The van der Waals surface area contributed by atoms with Gasteiger partial charge in [0.25, 0.3) is 19.4 Å². The fraction of sp³-hybridized carbons (Fsp3) is 0.180. The van der Waals surface area contributed by atoms with Gasteiger partial charge in [-0.3, -0.25) is 39.6 Å².